The zero-order valence-corrected chi connectivity index (χ0v) is 20.2. The van der Waals surface area contributed by atoms with E-state index in [1.54, 1.807) is 0 Å². The molecule has 0 aliphatic heterocycles. The topological polar surface area (TPSA) is 96.9 Å². The van der Waals surface area contributed by atoms with Crippen LogP contribution < -0.4 is 10.6 Å². The van der Waals surface area contributed by atoms with Crippen LogP contribution >= 0.6 is 23.2 Å². The van der Waals surface area contributed by atoms with E-state index in [9.17, 15) is 9.59 Å². The Morgan fingerprint density at radius 2 is 1.17 bits per heavy atom. The smallest absolute Gasteiger partial charge is 0.407 e. The van der Waals surface area contributed by atoms with Crippen molar-refractivity contribution >= 4 is 35.4 Å². The number of amides is 2. The lowest BCUT2D eigenvalue weighted by Crippen LogP contribution is -2.48. The number of aliphatic hydroxyl groups is 1. The first-order valence-corrected chi connectivity index (χ1v) is 11.0. The molecule has 2 aliphatic rings. The molecule has 9 heteroatoms. The third-order valence-corrected chi connectivity index (χ3v) is 3.93. The number of rotatable bonds is 2. The minimum absolute atomic E-state index is 0.0878. The summed E-state index contributed by atoms with van der Waals surface area (Å²) < 4.78 is 10.2. The number of alkyl halides is 2. The molecule has 0 heterocycles. The van der Waals surface area contributed by atoms with E-state index in [2.05, 4.69) is 17.6 Å². The van der Waals surface area contributed by atoms with Crippen molar-refractivity contribution < 1.29 is 24.2 Å². The molecule has 2 rings (SSSR count). The van der Waals surface area contributed by atoms with Gasteiger partial charge in [0.05, 0.1) is 11.4 Å². The Kier molecular flexibility index (Phi) is 12.3. The maximum Gasteiger partial charge on any atom is 0.407 e. The molecule has 172 valence electrons. The molecule has 0 saturated heterocycles. The highest BCUT2D eigenvalue weighted by Crippen LogP contribution is 2.26. The Morgan fingerprint density at radius 1 is 0.862 bits per heavy atom. The van der Waals surface area contributed by atoms with Crippen LogP contribution in [0.5, 0.6) is 0 Å². The number of nitrogens with one attached hydrogen (secondary N) is 2. The lowest BCUT2D eigenvalue weighted by atomic mass is 9.82. The lowest BCUT2D eigenvalue weighted by Gasteiger charge is -2.33. The summed E-state index contributed by atoms with van der Waals surface area (Å²) >= 11 is 9.53. The Labute approximate surface area is 185 Å². The number of hydrogen-bond acceptors (Lipinski definition) is 5. The summed E-state index contributed by atoms with van der Waals surface area (Å²) in [7, 11) is 0. The number of carbonyl (C=O) groups excluding carboxylic acids is 2. The molecule has 0 aromatic rings. The van der Waals surface area contributed by atoms with Crippen LogP contribution in [-0.4, -0.2) is 52.0 Å². The van der Waals surface area contributed by atoms with Gasteiger partial charge in [0.2, 0.25) is 0 Å². The van der Waals surface area contributed by atoms with E-state index < -0.39 is 11.7 Å². The van der Waals surface area contributed by atoms with Crippen LogP contribution in [0.25, 0.3) is 0 Å². The molecule has 2 fully saturated rings. The molecule has 0 unspecified atom stereocenters. The highest BCUT2D eigenvalue weighted by Gasteiger charge is 2.30. The predicted molar refractivity (Wildman–Crippen MR) is 117 cm³/mol. The molecule has 7 nitrogen and oxygen atoms in total. The van der Waals surface area contributed by atoms with E-state index in [0.29, 0.717) is 18.9 Å². The van der Waals surface area contributed by atoms with Crippen LogP contribution in [0.1, 0.15) is 74.1 Å². The van der Waals surface area contributed by atoms with Crippen molar-refractivity contribution in [2.24, 2.45) is 5.92 Å². The zero-order valence-electron chi connectivity index (χ0n) is 18.7. The minimum atomic E-state index is -0.452. The van der Waals surface area contributed by atoms with Crippen molar-refractivity contribution in [2.75, 3.05) is 5.34 Å². The van der Waals surface area contributed by atoms with Crippen LogP contribution in [0.4, 0.5) is 9.59 Å². The number of hydrogen-bond donors (Lipinski definition) is 3. The van der Waals surface area contributed by atoms with Gasteiger partial charge < -0.3 is 25.2 Å². The van der Waals surface area contributed by atoms with Crippen molar-refractivity contribution in [3.63, 3.8) is 0 Å². The quantitative estimate of drug-likeness (QED) is 0.520. The summed E-state index contributed by atoms with van der Waals surface area (Å²) in [6.07, 6.45) is 2.51. The monoisotopic (exact) mass is 456 g/mol. The largest absolute Gasteiger partial charge is 0.444 e. The van der Waals surface area contributed by atoms with E-state index in [1.165, 1.54) is 0 Å². The molecule has 0 bridgehead atoms. The highest BCUT2D eigenvalue weighted by atomic mass is 35.5. The second-order valence-corrected chi connectivity index (χ2v) is 10.3. The zero-order chi connectivity index (χ0) is 22.8. The second kappa shape index (κ2) is 12.7. The van der Waals surface area contributed by atoms with Gasteiger partial charge >= 0.3 is 12.2 Å². The molecule has 2 amide bonds. The van der Waals surface area contributed by atoms with Gasteiger partial charge in [-0.2, -0.15) is 0 Å². The first kappa shape index (κ1) is 28.1. The maximum atomic E-state index is 11.2. The first-order valence-electron chi connectivity index (χ1n) is 9.94. The average Bonchev–Trinajstić information content (AvgIpc) is 2.41. The first-order chi connectivity index (χ1) is 13.1. The molecular weight excluding hydrogens is 419 g/mol. The van der Waals surface area contributed by atoms with Crippen LogP contribution in [-0.2, 0) is 9.47 Å². The molecule has 2 aliphatic carbocycles. The molecule has 0 spiro atoms. The fourth-order valence-electron chi connectivity index (χ4n) is 2.67. The van der Waals surface area contributed by atoms with Gasteiger partial charge in [0.1, 0.15) is 11.2 Å². The molecule has 29 heavy (non-hydrogen) atoms. The van der Waals surface area contributed by atoms with Crippen molar-refractivity contribution in [1.82, 2.24) is 10.6 Å². The summed E-state index contributed by atoms with van der Waals surface area (Å²) in [6, 6.07) is 0.426. The molecule has 3 N–H and O–H groups in total. The van der Waals surface area contributed by atoms with Gasteiger partial charge in [0.15, 0.2) is 0 Å². The van der Waals surface area contributed by atoms with Gasteiger partial charge in [-0.3, -0.25) is 0 Å². The Balaban J connectivity index is 0.000000477. The molecular formula is C20H38Cl2N2O5. The lowest BCUT2D eigenvalue weighted by molar-refractivity contribution is 0.0303. The second-order valence-electron chi connectivity index (χ2n) is 9.49. The fraction of sp³-hybridized carbons (Fsp3) is 0.900. The molecule has 0 aromatic heterocycles. The van der Waals surface area contributed by atoms with Crippen LogP contribution in [0, 0.1) is 5.92 Å². The number of halogens is 2. The van der Waals surface area contributed by atoms with E-state index in [1.807, 2.05) is 41.5 Å². The maximum absolute atomic E-state index is 11.2. The average molecular weight is 457 g/mol. The summed E-state index contributed by atoms with van der Waals surface area (Å²) in [5.41, 5.74) is -0.841. The molecule has 0 atom stereocenters. The van der Waals surface area contributed by atoms with Gasteiger partial charge in [-0.25, -0.2) is 9.59 Å². The standard InChI is InChI=1S/C10H19NO2.C9H17NO3.CH2Cl2/c1-7-5-8(6-7)11-9(12)13-10(2,3)4;1-9(2,3)13-8(12)10-6-4-7(11)5-6;2-1-3/h7-8H,5-6H2,1-4H3,(H,11,12);6-7,11H,4-5H2,1-3H3,(H,10,12);1H2. The third-order valence-electron chi connectivity index (χ3n) is 3.93. The van der Waals surface area contributed by atoms with E-state index in [0.717, 1.165) is 18.8 Å². The Bertz CT molecular complexity index is 450. The van der Waals surface area contributed by atoms with Gasteiger partial charge in [0.25, 0.3) is 0 Å². The van der Waals surface area contributed by atoms with E-state index in [-0.39, 0.29) is 29.2 Å². The van der Waals surface area contributed by atoms with Crippen molar-refractivity contribution in [3.8, 4) is 0 Å². The van der Waals surface area contributed by atoms with Gasteiger partial charge in [-0.15, -0.1) is 23.2 Å². The third kappa shape index (κ3) is 15.6. The van der Waals surface area contributed by atoms with Crippen molar-refractivity contribution in [1.29, 1.82) is 0 Å². The van der Waals surface area contributed by atoms with Crippen molar-refractivity contribution in [3.05, 3.63) is 0 Å². The molecule has 2 saturated carbocycles. The Morgan fingerprint density at radius 3 is 1.41 bits per heavy atom. The van der Waals surface area contributed by atoms with Crippen molar-refractivity contribution in [2.45, 2.75) is 104 Å². The minimum Gasteiger partial charge on any atom is -0.444 e. The summed E-state index contributed by atoms with van der Waals surface area (Å²) in [5, 5.41) is 14.7. The van der Waals surface area contributed by atoms with Crippen LogP contribution in [0.15, 0.2) is 0 Å². The fourth-order valence-corrected chi connectivity index (χ4v) is 2.67. The van der Waals surface area contributed by atoms with E-state index in [4.69, 9.17) is 37.8 Å². The van der Waals surface area contributed by atoms with Crippen LogP contribution in [0.3, 0.4) is 0 Å². The van der Waals surface area contributed by atoms with Gasteiger partial charge in [0, 0.05) is 12.1 Å². The summed E-state index contributed by atoms with van der Waals surface area (Å²) in [6.45, 7) is 13.3. The number of alkyl carbamates (subject to hydrolysis) is 2. The van der Waals surface area contributed by atoms with E-state index >= 15 is 0 Å². The van der Waals surface area contributed by atoms with Gasteiger partial charge in [-0.1, -0.05) is 6.92 Å². The number of carbonyl (C=O) groups is 2. The summed E-state index contributed by atoms with van der Waals surface area (Å²) in [4.78, 5) is 22.4. The highest BCUT2D eigenvalue weighted by molar-refractivity contribution is 6.40. The number of ether oxygens (including phenoxy) is 2. The predicted octanol–water partition coefficient (Wildman–Crippen LogP) is 4.77. The van der Waals surface area contributed by atoms with Crippen LogP contribution in [0.2, 0.25) is 0 Å². The molecule has 0 radical (unpaired) electrons. The van der Waals surface area contributed by atoms with Gasteiger partial charge in [-0.05, 0) is 73.1 Å². The SMILES string of the molecule is CC(C)(C)OC(=O)NC1CC(O)C1.CC1CC(NC(=O)OC(C)(C)C)C1.ClCCl. The molecule has 0 aromatic carbocycles. The Hall–Kier alpha value is -0.920. The summed E-state index contributed by atoms with van der Waals surface area (Å²) in [5.74, 6) is 0.750. The number of aliphatic hydroxyl groups excluding tert-OH is 1. The normalized spacial score (nSPS) is 25.4.